The van der Waals surface area contributed by atoms with Crippen molar-refractivity contribution in [3.63, 3.8) is 0 Å². The van der Waals surface area contributed by atoms with E-state index in [9.17, 15) is 9.59 Å². The number of hydrogen-bond acceptors (Lipinski definition) is 3. The number of aromatic nitrogens is 1. The van der Waals surface area contributed by atoms with Crippen LogP contribution >= 0.6 is 23.2 Å². The maximum Gasteiger partial charge on any atom is 0.355 e. The number of hydrogen-bond donors (Lipinski definition) is 1. The first-order valence-electron chi connectivity index (χ1n) is 6.47. The predicted octanol–water partition coefficient (Wildman–Crippen LogP) is 3.52. The van der Waals surface area contributed by atoms with Gasteiger partial charge in [0.1, 0.15) is 5.69 Å². The van der Waals surface area contributed by atoms with E-state index in [4.69, 9.17) is 27.9 Å². The molecule has 22 heavy (non-hydrogen) atoms. The van der Waals surface area contributed by atoms with Gasteiger partial charge in [-0.05, 0) is 31.2 Å². The fourth-order valence-corrected chi connectivity index (χ4v) is 2.28. The molecular weight excluding hydrogens is 327 g/mol. The number of ether oxygens (including phenoxy) is 1. The van der Waals surface area contributed by atoms with Crippen LogP contribution in [-0.2, 0) is 16.6 Å². The average Bonchev–Trinajstić information content (AvgIpc) is 2.89. The number of carbonyl (C=O) groups excluding carboxylic acids is 2. The minimum Gasteiger partial charge on any atom is -0.448 e. The lowest BCUT2D eigenvalue weighted by atomic mass is 10.3. The SMILES string of the molecule is C[C@H](OC(=O)c1cccn1C)C(=O)Nc1c(Cl)cccc1Cl. The lowest BCUT2D eigenvalue weighted by molar-refractivity contribution is -0.123. The molecule has 1 atom stereocenters. The van der Waals surface area contributed by atoms with Crippen molar-refractivity contribution in [2.75, 3.05) is 5.32 Å². The lowest BCUT2D eigenvalue weighted by Gasteiger charge is -2.15. The minimum absolute atomic E-state index is 0.289. The zero-order valence-corrected chi connectivity index (χ0v) is 13.5. The topological polar surface area (TPSA) is 60.3 Å². The summed E-state index contributed by atoms with van der Waals surface area (Å²) in [5, 5.41) is 3.17. The molecule has 0 radical (unpaired) electrons. The summed E-state index contributed by atoms with van der Waals surface area (Å²) in [6.45, 7) is 1.47. The molecule has 7 heteroatoms. The summed E-state index contributed by atoms with van der Waals surface area (Å²) in [7, 11) is 1.71. The zero-order valence-electron chi connectivity index (χ0n) is 12.0. The number of anilines is 1. The van der Waals surface area contributed by atoms with Gasteiger partial charge in [0.05, 0.1) is 15.7 Å². The fourth-order valence-electron chi connectivity index (χ4n) is 1.79. The molecule has 1 aromatic heterocycles. The lowest BCUT2D eigenvalue weighted by Crippen LogP contribution is -2.30. The standard InChI is InChI=1S/C15H14Cl2N2O3/c1-9(22-15(21)12-7-4-8-19(12)2)14(20)18-13-10(16)5-3-6-11(13)17/h3-9H,1-2H3,(H,18,20)/t9-/m0/s1. The molecule has 0 saturated heterocycles. The first-order chi connectivity index (χ1) is 10.4. The molecule has 0 saturated carbocycles. The van der Waals surface area contributed by atoms with Crippen molar-refractivity contribution in [2.45, 2.75) is 13.0 Å². The van der Waals surface area contributed by atoms with Gasteiger partial charge in [-0.3, -0.25) is 4.79 Å². The number of rotatable bonds is 4. The highest BCUT2D eigenvalue weighted by atomic mass is 35.5. The van der Waals surface area contributed by atoms with E-state index in [1.165, 1.54) is 6.92 Å². The second kappa shape index (κ2) is 6.85. The van der Waals surface area contributed by atoms with E-state index >= 15 is 0 Å². The monoisotopic (exact) mass is 340 g/mol. The highest BCUT2D eigenvalue weighted by Gasteiger charge is 2.21. The Bertz CT molecular complexity index is 692. The molecule has 1 aromatic carbocycles. The van der Waals surface area contributed by atoms with Gasteiger partial charge >= 0.3 is 5.97 Å². The fraction of sp³-hybridized carbons (Fsp3) is 0.200. The zero-order chi connectivity index (χ0) is 16.3. The minimum atomic E-state index is -0.991. The van der Waals surface area contributed by atoms with Gasteiger partial charge < -0.3 is 14.6 Å². The molecule has 0 aliphatic heterocycles. The molecule has 0 spiro atoms. The van der Waals surface area contributed by atoms with Crippen LogP contribution in [0.15, 0.2) is 36.5 Å². The molecule has 1 N–H and O–H groups in total. The molecule has 2 rings (SSSR count). The maximum atomic E-state index is 12.1. The largest absolute Gasteiger partial charge is 0.448 e. The molecule has 0 unspecified atom stereocenters. The van der Waals surface area contributed by atoms with Gasteiger partial charge in [0.25, 0.3) is 5.91 Å². The van der Waals surface area contributed by atoms with Crippen LogP contribution in [0.3, 0.4) is 0 Å². The van der Waals surface area contributed by atoms with E-state index in [0.717, 1.165) is 0 Å². The molecule has 1 amide bonds. The normalized spacial score (nSPS) is 11.8. The molecule has 5 nitrogen and oxygen atoms in total. The Morgan fingerprint density at radius 2 is 1.82 bits per heavy atom. The third-order valence-corrected chi connectivity index (χ3v) is 3.65. The first-order valence-corrected chi connectivity index (χ1v) is 7.23. The summed E-state index contributed by atoms with van der Waals surface area (Å²) in [5.41, 5.74) is 0.646. The Morgan fingerprint density at radius 3 is 2.36 bits per heavy atom. The number of aryl methyl sites for hydroxylation is 1. The van der Waals surface area contributed by atoms with E-state index in [1.54, 1.807) is 48.1 Å². The molecule has 1 heterocycles. The number of halogens is 2. The van der Waals surface area contributed by atoms with Crippen molar-refractivity contribution in [3.8, 4) is 0 Å². The van der Waals surface area contributed by atoms with Crippen molar-refractivity contribution in [1.82, 2.24) is 4.57 Å². The maximum absolute atomic E-state index is 12.1. The Balaban J connectivity index is 2.04. The predicted molar refractivity (Wildman–Crippen MR) is 85.4 cm³/mol. The number of carbonyl (C=O) groups is 2. The number of amides is 1. The Labute approximate surface area is 137 Å². The van der Waals surface area contributed by atoms with Crippen LogP contribution in [0.25, 0.3) is 0 Å². The van der Waals surface area contributed by atoms with Crippen LogP contribution in [0.2, 0.25) is 10.0 Å². The number of para-hydroxylation sites is 1. The summed E-state index contributed by atoms with van der Waals surface area (Å²) >= 11 is 12.0. The van der Waals surface area contributed by atoms with Gasteiger partial charge in [0.15, 0.2) is 6.10 Å². The quantitative estimate of drug-likeness (QED) is 0.866. The number of benzene rings is 1. The first kappa shape index (κ1) is 16.4. The molecule has 0 bridgehead atoms. The van der Waals surface area contributed by atoms with E-state index in [1.807, 2.05) is 0 Å². The van der Waals surface area contributed by atoms with Crippen LogP contribution < -0.4 is 5.32 Å². The van der Waals surface area contributed by atoms with Crippen molar-refractivity contribution in [3.05, 3.63) is 52.3 Å². The van der Waals surface area contributed by atoms with Crippen molar-refractivity contribution in [2.24, 2.45) is 7.05 Å². The van der Waals surface area contributed by atoms with Crippen LogP contribution in [0.4, 0.5) is 5.69 Å². The summed E-state index contributed by atoms with van der Waals surface area (Å²) in [4.78, 5) is 24.0. The highest BCUT2D eigenvalue weighted by molar-refractivity contribution is 6.39. The van der Waals surface area contributed by atoms with Gasteiger partial charge in [0.2, 0.25) is 0 Å². The van der Waals surface area contributed by atoms with E-state index < -0.39 is 18.0 Å². The second-order valence-corrected chi connectivity index (χ2v) is 5.45. The number of nitrogens with one attached hydrogen (secondary N) is 1. The summed E-state index contributed by atoms with van der Waals surface area (Å²) in [5.74, 6) is -1.10. The number of nitrogens with zero attached hydrogens (tertiary/aromatic N) is 1. The van der Waals surface area contributed by atoms with Gasteiger partial charge in [0, 0.05) is 13.2 Å². The Kier molecular flexibility index (Phi) is 5.11. The van der Waals surface area contributed by atoms with E-state index in [-0.39, 0.29) is 5.69 Å². The third-order valence-electron chi connectivity index (χ3n) is 3.02. The average molecular weight is 341 g/mol. The van der Waals surface area contributed by atoms with Crippen molar-refractivity contribution >= 4 is 40.8 Å². The summed E-state index contributed by atoms with van der Waals surface area (Å²) in [6, 6.07) is 8.19. The van der Waals surface area contributed by atoms with Gasteiger partial charge in [-0.15, -0.1) is 0 Å². The molecule has 0 aliphatic carbocycles. The molecule has 0 aliphatic rings. The van der Waals surface area contributed by atoms with E-state index in [2.05, 4.69) is 5.32 Å². The molecule has 2 aromatic rings. The van der Waals surface area contributed by atoms with Crippen LogP contribution in [0, 0.1) is 0 Å². The smallest absolute Gasteiger partial charge is 0.355 e. The van der Waals surface area contributed by atoms with Gasteiger partial charge in [-0.1, -0.05) is 29.3 Å². The van der Waals surface area contributed by atoms with Gasteiger partial charge in [-0.25, -0.2) is 4.79 Å². The third kappa shape index (κ3) is 3.61. The van der Waals surface area contributed by atoms with Crippen LogP contribution in [0.1, 0.15) is 17.4 Å². The van der Waals surface area contributed by atoms with Crippen LogP contribution in [-0.4, -0.2) is 22.5 Å². The van der Waals surface area contributed by atoms with Gasteiger partial charge in [-0.2, -0.15) is 0 Å². The van der Waals surface area contributed by atoms with Crippen molar-refractivity contribution in [1.29, 1.82) is 0 Å². The molecule has 0 fully saturated rings. The highest BCUT2D eigenvalue weighted by Crippen LogP contribution is 2.29. The Morgan fingerprint density at radius 1 is 1.18 bits per heavy atom. The summed E-state index contributed by atoms with van der Waals surface area (Å²) < 4.78 is 6.74. The van der Waals surface area contributed by atoms with Crippen LogP contribution in [0.5, 0.6) is 0 Å². The number of esters is 1. The molecule has 116 valence electrons. The van der Waals surface area contributed by atoms with Crippen molar-refractivity contribution < 1.29 is 14.3 Å². The second-order valence-electron chi connectivity index (χ2n) is 4.64. The Hall–Kier alpha value is -1.98. The molecular formula is C15H14Cl2N2O3. The summed E-state index contributed by atoms with van der Waals surface area (Å²) in [6.07, 6.45) is 0.722. The van der Waals surface area contributed by atoms with E-state index in [0.29, 0.717) is 15.7 Å².